The van der Waals surface area contributed by atoms with Crippen LogP contribution in [-0.4, -0.2) is 6.54 Å². The number of hydrogen-bond donors (Lipinski definition) is 1. The lowest BCUT2D eigenvalue weighted by Crippen LogP contribution is -2.18. The van der Waals surface area contributed by atoms with E-state index >= 15 is 0 Å². The molecule has 2 nitrogen and oxygen atoms in total. The van der Waals surface area contributed by atoms with Gasteiger partial charge in [-0.05, 0) is 56.3 Å². The zero-order chi connectivity index (χ0) is 15.4. The topological polar surface area (TPSA) is 21.3 Å². The Labute approximate surface area is 143 Å². The molecule has 0 radical (unpaired) electrons. The van der Waals surface area contributed by atoms with Gasteiger partial charge in [-0.1, -0.05) is 44.8 Å². The maximum absolute atomic E-state index is 6.15. The van der Waals surface area contributed by atoms with Crippen LogP contribution in [-0.2, 0) is 0 Å². The smallest absolute Gasteiger partial charge is 0.133 e. The van der Waals surface area contributed by atoms with Crippen molar-refractivity contribution in [2.45, 2.75) is 26.8 Å². The Bertz CT molecular complexity index is 628. The van der Waals surface area contributed by atoms with Crippen molar-refractivity contribution in [2.24, 2.45) is 0 Å². The van der Waals surface area contributed by atoms with Crippen LogP contribution in [0.2, 0.25) is 0 Å². The van der Waals surface area contributed by atoms with E-state index in [0.717, 1.165) is 38.1 Å². The number of ether oxygens (including phenoxy) is 1. The minimum Gasteiger partial charge on any atom is -0.457 e. The van der Waals surface area contributed by atoms with Gasteiger partial charge < -0.3 is 10.1 Å². The van der Waals surface area contributed by atoms with E-state index < -0.39 is 0 Å². The molecular formula is C17H19Br2NO. The minimum atomic E-state index is 0.244. The van der Waals surface area contributed by atoms with E-state index in [4.69, 9.17) is 4.74 Å². The highest BCUT2D eigenvalue weighted by Gasteiger charge is 2.13. The second-order valence-corrected chi connectivity index (χ2v) is 6.80. The lowest BCUT2D eigenvalue weighted by atomic mass is 10.1. The first-order chi connectivity index (χ1) is 10.0. The SMILES string of the molecule is CCNC(C)c1ccc(Br)cc1Oc1ccc(Br)cc1C. The van der Waals surface area contributed by atoms with Gasteiger partial charge in [-0.3, -0.25) is 0 Å². The first-order valence-corrected chi connectivity index (χ1v) is 8.56. The molecule has 0 bridgehead atoms. The van der Waals surface area contributed by atoms with Crippen LogP contribution >= 0.6 is 31.9 Å². The van der Waals surface area contributed by atoms with Crippen molar-refractivity contribution in [3.8, 4) is 11.5 Å². The summed E-state index contributed by atoms with van der Waals surface area (Å²) in [4.78, 5) is 0. The fourth-order valence-corrected chi connectivity index (χ4v) is 3.03. The zero-order valence-electron chi connectivity index (χ0n) is 12.4. The summed E-state index contributed by atoms with van der Waals surface area (Å²) in [5.41, 5.74) is 2.26. The van der Waals surface area contributed by atoms with Crippen molar-refractivity contribution in [3.05, 3.63) is 56.5 Å². The Morgan fingerprint density at radius 1 is 1.05 bits per heavy atom. The third-order valence-electron chi connectivity index (χ3n) is 3.31. The van der Waals surface area contributed by atoms with Crippen LogP contribution in [0, 0.1) is 6.92 Å². The van der Waals surface area contributed by atoms with Crippen LogP contribution < -0.4 is 10.1 Å². The minimum absolute atomic E-state index is 0.244. The van der Waals surface area contributed by atoms with Crippen LogP contribution in [0.4, 0.5) is 0 Å². The summed E-state index contributed by atoms with van der Waals surface area (Å²) in [5, 5.41) is 3.43. The normalized spacial score (nSPS) is 12.2. The maximum Gasteiger partial charge on any atom is 0.133 e. The van der Waals surface area contributed by atoms with Gasteiger partial charge >= 0.3 is 0 Å². The van der Waals surface area contributed by atoms with E-state index in [-0.39, 0.29) is 6.04 Å². The van der Waals surface area contributed by atoms with Crippen LogP contribution in [0.1, 0.15) is 31.0 Å². The highest BCUT2D eigenvalue weighted by atomic mass is 79.9. The Balaban J connectivity index is 2.35. The molecule has 2 rings (SSSR count). The molecule has 1 atom stereocenters. The van der Waals surface area contributed by atoms with Gasteiger partial charge in [-0.15, -0.1) is 0 Å². The zero-order valence-corrected chi connectivity index (χ0v) is 15.6. The number of benzene rings is 2. The van der Waals surface area contributed by atoms with Gasteiger partial charge in [0.25, 0.3) is 0 Å². The van der Waals surface area contributed by atoms with Crippen molar-refractivity contribution in [2.75, 3.05) is 6.54 Å². The molecule has 0 amide bonds. The highest BCUT2D eigenvalue weighted by Crippen LogP contribution is 2.34. The summed E-state index contributed by atoms with van der Waals surface area (Å²) < 4.78 is 8.22. The molecule has 0 spiro atoms. The fraction of sp³-hybridized carbons (Fsp3) is 0.294. The van der Waals surface area contributed by atoms with Crippen molar-refractivity contribution in [3.63, 3.8) is 0 Å². The van der Waals surface area contributed by atoms with Gasteiger partial charge in [-0.25, -0.2) is 0 Å². The number of hydrogen-bond acceptors (Lipinski definition) is 2. The van der Waals surface area contributed by atoms with Gasteiger partial charge in [0.05, 0.1) is 0 Å². The Kier molecular flexibility index (Phi) is 5.85. The number of rotatable bonds is 5. The fourth-order valence-electron chi connectivity index (χ4n) is 2.22. The number of aryl methyl sites for hydroxylation is 1. The third-order valence-corrected chi connectivity index (χ3v) is 4.30. The quantitative estimate of drug-likeness (QED) is 0.651. The molecule has 21 heavy (non-hydrogen) atoms. The van der Waals surface area contributed by atoms with Crippen molar-refractivity contribution in [1.82, 2.24) is 5.32 Å². The standard InChI is InChI=1S/C17H19Br2NO/c1-4-20-12(3)15-7-5-14(19)10-17(15)21-16-8-6-13(18)9-11(16)2/h5-10,12,20H,4H2,1-3H3. The highest BCUT2D eigenvalue weighted by molar-refractivity contribution is 9.10. The summed E-state index contributed by atoms with van der Waals surface area (Å²) in [5.74, 6) is 1.75. The molecule has 0 aliphatic heterocycles. The van der Waals surface area contributed by atoms with Crippen molar-refractivity contribution >= 4 is 31.9 Å². The molecule has 2 aromatic carbocycles. The van der Waals surface area contributed by atoms with Crippen LogP contribution in [0.5, 0.6) is 11.5 Å². The van der Waals surface area contributed by atoms with E-state index in [1.54, 1.807) is 0 Å². The Hall–Kier alpha value is -0.840. The second kappa shape index (κ2) is 7.43. The van der Waals surface area contributed by atoms with E-state index in [0.29, 0.717) is 0 Å². The van der Waals surface area contributed by atoms with Gasteiger partial charge in [0.1, 0.15) is 11.5 Å². The van der Waals surface area contributed by atoms with Gasteiger partial charge in [0, 0.05) is 20.6 Å². The summed E-state index contributed by atoms with van der Waals surface area (Å²) >= 11 is 7.00. The molecule has 0 heterocycles. The average molecular weight is 413 g/mol. The van der Waals surface area contributed by atoms with E-state index in [1.165, 1.54) is 0 Å². The molecule has 0 aliphatic rings. The lowest BCUT2D eigenvalue weighted by Gasteiger charge is -2.18. The molecule has 1 N–H and O–H groups in total. The third kappa shape index (κ3) is 4.31. The molecule has 112 valence electrons. The van der Waals surface area contributed by atoms with Crippen LogP contribution in [0.3, 0.4) is 0 Å². The molecule has 1 unspecified atom stereocenters. The number of halogens is 2. The Morgan fingerprint density at radius 3 is 2.38 bits per heavy atom. The summed E-state index contributed by atoms with van der Waals surface area (Å²) in [6.45, 7) is 7.22. The van der Waals surface area contributed by atoms with Gasteiger partial charge in [-0.2, -0.15) is 0 Å². The number of nitrogens with one attached hydrogen (secondary N) is 1. The lowest BCUT2D eigenvalue weighted by molar-refractivity contribution is 0.459. The first-order valence-electron chi connectivity index (χ1n) is 6.98. The predicted molar refractivity (Wildman–Crippen MR) is 95.2 cm³/mol. The molecule has 0 fully saturated rings. The molecular weight excluding hydrogens is 394 g/mol. The molecule has 0 aromatic heterocycles. The van der Waals surface area contributed by atoms with Crippen molar-refractivity contribution < 1.29 is 4.74 Å². The molecule has 2 aromatic rings. The monoisotopic (exact) mass is 411 g/mol. The van der Waals surface area contributed by atoms with Gasteiger partial charge in [0.15, 0.2) is 0 Å². The van der Waals surface area contributed by atoms with E-state index in [1.807, 2.05) is 31.2 Å². The maximum atomic E-state index is 6.15. The summed E-state index contributed by atoms with van der Waals surface area (Å²) in [6.07, 6.45) is 0. The summed E-state index contributed by atoms with van der Waals surface area (Å²) in [6, 6.07) is 12.4. The largest absolute Gasteiger partial charge is 0.457 e. The second-order valence-electron chi connectivity index (χ2n) is 4.97. The molecule has 4 heteroatoms. The van der Waals surface area contributed by atoms with Crippen LogP contribution in [0.25, 0.3) is 0 Å². The average Bonchev–Trinajstić information content (AvgIpc) is 2.42. The van der Waals surface area contributed by atoms with Crippen LogP contribution in [0.15, 0.2) is 45.3 Å². The first kappa shape index (κ1) is 16.5. The van der Waals surface area contributed by atoms with E-state index in [2.05, 4.69) is 63.2 Å². The van der Waals surface area contributed by atoms with Crippen molar-refractivity contribution in [1.29, 1.82) is 0 Å². The molecule has 0 saturated carbocycles. The Morgan fingerprint density at radius 2 is 1.71 bits per heavy atom. The van der Waals surface area contributed by atoms with E-state index in [9.17, 15) is 0 Å². The molecule has 0 aliphatic carbocycles. The van der Waals surface area contributed by atoms with Gasteiger partial charge in [0.2, 0.25) is 0 Å². The molecule has 0 saturated heterocycles. The predicted octanol–water partition coefficient (Wildman–Crippen LogP) is 5.98. The summed E-state index contributed by atoms with van der Waals surface area (Å²) in [7, 11) is 0.